The van der Waals surface area contributed by atoms with Gasteiger partial charge in [-0.1, -0.05) is 39.8 Å². The van der Waals surface area contributed by atoms with Crippen molar-refractivity contribution in [2.45, 2.75) is 104 Å². The topological polar surface area (TPSA) is 119 Å². The molecule has 0 aromatic carbocycles. The van der Waals surface area contributed by atoms with E-state index in [-0.39, 0.29) is 23.1 Å². The SMILES string of the molecule is C=C1Cc2oc(=O)cc(CCCC3(CCC)CC3)c2C(=O)N1.C=C1Cc2oc(=O)cc(CCCC3CC3CC)c2C(=O)N1. The van der Waals surface area contributed by atoms with Crippen molar-refractivity contribution in [2.75, 3.05) is 0 Å². The molecule has 230 valence electrons. The summed E-state index contributed by atoms with van der Waals surface area (Å²) in [4.78, 5) is 47.6. The van der Waals surface area contributed by atoms with Crippen LogP contribution in [0.5, 0.6) is 0 Å². The van der Waals surface area contributed by atoms with Gasteiger partial charge >= 0.3 is 11.3 Å². The molecule has 0 spiro atoms. The Labute approximate surface area is 253 Å². The molecule has 8 nitrogen and oxygen atoms in total. The molecular formula is C35H44N2O6. The van der Waals surface area contributed by atoms with E-state index in [0.717, 1.165) is 48.6 Å². The van der Waals surface area contributed by atoms with Crippen molar-refractivity contribution in [3.05, 3.63) is 91.3 Å². The summed E-state index contributed by atoms with van der Waals surface area (Å²) in [7, 11) is 0. The van der Waals surface area contributed by atoms with E-state index >= 15 is 0 Å². The van der Waals surface area contributed by atoms with Gasteiger partial charge in [-0.3, -0.25) is 9.59 Å². The lowest BCUT2D eigenvalue weighted by atomic mass is 9.91. The Morgan fingerprint density at radius 3 is 1.79 bits per heavy atom. The minimum atomic E-state index is -0.371. The first kappa shape index (κ1) is 30.8. The van der Waals surface area contributed by atoms with Gasteiger partial charge in [-0.05, 0) is 92.6 Å². The van der Waals surface area contributed by atoms with E-state index in [0.29, 0.717) is 52.3 Å². The molecule has 2 saturated carbocycles. The zero-order valence-corrected chi connectivity index (χ0v) is 25.6. The van der Waals surface area contributed by atoms with Gasteiger partial charge in [0, 0.05) is 36.4 Å². The average Bonchev–Trinajstić information content (AvgIpc) is 3.85. The fourth-order valence-corrected chi connectivity index (χ4v) is 7.01. The molecular weight excluding hydrogens is 544 g/mol. The van der Waals surface area contributed by atoms with Gasteiger partial charge in [-0.15, -0.1) is 0 Å². The molecule has 0 bridgehead atoms. The maximum atomic E-state index is 12.2. The van der Waals surface area contributed by atoms with Crippen LogP contribution in [0.3, 0.4) is 0 Å². The predicted octanol–water partition coefficient (Wildman–Crippen LogP) is 6.15. The maximum absolute atomic E-state index is 12.2. The molecule has 2 unspecified atom stereocenters. The van der Waals surface area contributed by atoms with E-state index in [1.807, 2.05) is 0 Å². The smallest absolute Gasteiger partial charge is 0.336 e. The minimum Gasteiger partial charge on any atom is -0.427 e. The van der Waals surface area contributed by atoms with Crippen molar-refractivity contribution in [3.8, 4) is 0 Å². The Morgan fingerprint density at radius 2 is 1.33 bits per heavy atom. The normalized spacial score (nSPS) is 21.2. The number of amides is 2. The Morgan fingerprint density at radius 1 is 0.791 bits per heavy atom. The summed E-state index contributed by atoms with van der Waals surface area (Å²) in [5.74, 6) is 2.28. The molecule has 2 aliphatic carbocycles. The molecule has 4 aliphatic rings. The van der Waals surface area contributed by atoms with Gasteiger partial charge in [-0.25, -0.2) is 9.59 Å². The first-order chi connectivity index (χ1) is 20.6. The fraction of sp³-hybridized carbons (Fsp3) is 0.543. The van der Waals surface area contributed by atoms with Gasteiger partial charge in [0.05, 0.1) is 11.1 Å². The summed E-state index contributed by atoms with van der Waals surface area (Å²) in [6, 6.07) is 2.95. The molecule has 0 saturated heterocycles. The molecule has 2 aromatic heterocycles. The third-order valence-electron chi connectivity index (χ3n) is 9.52. The Balaban J connectivity index is 0.000000171. The van der Waals surface area contributed by atoms with E-state index in [1.165, 1.54) is 63.5 Å². The Hall–Kier alpha value is -3.68. The number of carbonyl (C=O) groups is 2. The first-order valence-electron chi connectivity index (χ1n) is 15.9. The van der Waals surface area contributed by atoms with E-state index in [1.54, 1.807) is 0 Å². The van der Waals surface area contributed by atoms with Crippen LogP contribution in [0.2, 0.25) is 0 Å². The molecule has 8 heteroatoms. The molecule has 6 rings (SSSR count). The van der Waals surface area contributed by atoms with Crippen LogP contribution in [0.25, 0.3) is 0 Å². The largest absolute Gasteiger partial charge is 0.427 e. The summed E-state index contributed by atoms with van der Waals surface area (Å²) in [6.07, 6.45) is 14.5. The molecule has 2 aromatic rings. The van der Waals surface area contributed by atoms with Gasteiger partial charge in [0.1, 0.15) is 11.5 Å². The summed E-state index contributed by atoms with van der Waals surface area (Å²) < 4.78 is 10.4. The summed E-state index contributed by atoms with van der Waals surface area (Å²) in [6.45, 7) is 12.0. The van der Waals surface area contributed by atoms with Crippen LogP contribution >= 0.6 is 0 Å². The predicted molar refractivity (Wildman–Crippen MR) is 165 cm³/mol. The molecule has 2 atom stereocenters. The maximum Gasteiger partial charge on any atom is 0.336 e. The van der Waals surface area contributed by atoms with Crippen LogP contribution in [0.15, 0.2) is 55.1 Å². The number of hydrogen-bond donors (Lipinski definition) is 2. The van der Waals surface area contributed by atoms with Gasteiger partial charge in [-0.2, -0.15) is 0 Å². The van der Waals surface area contributed by atoms with E-state index in [2.05, 4.69) is 37.6 Å². The van der Waals surface area contributed by atoms with Crippen LogP contribution < -0.4 is 21.9 Å². The van der Waals surface area contributed by atoms with Crippen LogP contribution in [-0.2, 0) is 25.7 Å². The van der Waals surface area contributed by atoms with E-state index in [4.69, 9.17) is 8.83 Å². The monoisotopic (exact) mass is 588 g/mol. The van der Waals surface area contributed by atoms with Crippen molar-refractivity contribution in [2.24, 2.45) is 17.3 Å². The van der Waals surface area contributed by atoms with Gasteiger partial charge in [0.15, 0.2) is 0 Å². The van der Waals surface area contributed by atoms with Crippen LogP contribution in [0, 0.1) is 17.3 Å². The second kappa shape index (κ2) is 12.9. The van der Waals surface area contributed by atoms with Gasteiger partial charge in [0.25, 0.3) is 11.8 Å². The number of allylic oxidation sites excluding steroid dienone is 2. The molecule has 0 radical (unpaired) electrons. The van der Waals surface area contributed by atoms with Gasteiger partial charge < -0.3 is 19.5 Å². The number of carbonyl (C=O) groups excluding carboxylic acids is 2. The average molecular weight is 589 g/mol. The third kappa shape index (κ3) is 7.46. The molecule has 43 heavy (non-hydrogen) atoms. The first-order valence-corrected chi connectivity index (χ1v) is 15.9. The standard InChI is InChI=1S/C18H23NO3.C17H21NO3/c1-3-6-18(8-9-18)7-4-5-13-11-15(20)22-14-10-12(2)19-17(21)16(13)14;1-3-11-8-12(11)5-4-6-13-9-15(19)21-14-7-10(2)18-17(20)16(13)14/h11H,2-10H2,1H3,(H,19,21);9,11-12H,2-8H2,1H3,(H,18,20). The highest BCUT2D eigenvalue weighted by Crippen LogP contribution is 2.53. The van der Waals surface area contributed by atoms with Crippen molar-refractivity contribution >= 4 is 11.8 Å². The van der Waals surface area contributed by atoms with Crippen LogP contribution in [0.1, 0.15) is 121 Å². The molecule has 2 aliphatic heterocycles. The number of aryl methyl sites for hydroxylation is 2. The highest BCUT2D eigenvalue weighted by Gasteiger charge is 2.40. The molecule has 2 fully saturated rings. The lowest BCUT2D eigenvalue weighted by Gasteiger charge is -2.20. The van der Waals surface area contributed by atoms with Crippen LogP contribution in [-0.4, -0.2) is 11.8 Å². The van der Waals surface area contributed by atoms with Crippen molar-refractivity contribution in [1.29, 1.82) is 0 Å². The fourth-order valence-electron chi connectivity index (χ4n) is 7.01. The Bertz CT molecular complexity index is 1540. The Kier molecular flexibility index (Phi) is 9.23. The second-order valence-electron chi connectivity index (χ2n) is 12.9. The van der Waals surface area contributed by atoms with Crippen molar-refractivity contribution in [1.82, 2.24) is 10.6 Å². The molecule has 2 N–H and O–H groups in total. The van der Waals surface area contributed by atoms with Gasteiger partial charge in [0.2, 0.25) is 0 Å². The summed E-state index contributed by atoms with van der Waals surface area (Å²) in [5.41, 5.74) is 3.70. The molecule has 2 amide bonds. The lowest BCUT2D eigenvalue weighted by molar-refractivity contribution is 0.0943. The van der Waals surface area contributed by atoms with E-state index in [9.17, 15) is 19.2 Å². The zero-order valence-electron chi connectivity index (χ0n) is 25.6. The molecule has 4 heterocycles. The summed E-state index contributed by atoms with van der Waals surface area (Å²) >= 11 is 0. The highest BCUT2D eigenvalue weighted by atomic mass is 16.4. The number of rotatable bonds is 11. The van der Waals surface area contributed by atoms with Crippen molar-refractivity contribution < 1.29 is 18.4 Å². The lowest BCUT2D eigenvalue weighted by Crippen LogP contribution is -2.32. The quantitative estimate of drug-likeness (QED) is 0.325. The minimum absolute atomic E-state index is 0.195. The number of hydrogen-bond acceptors (Lipinski definition) is 6. The zero-order chi connectivity index (χ0) is 30.7. The third-order valence-corrected chi connectivity index (χ3v) is 9.52. The highest BCUT2D eigenvalue weighted by molar-refractivity contribution is 5.99. The number of fused-ring (bicyclic) bond motifs is 2. The second-order valence-corrected chi connectivity index (χ2v) is 12.9. The van der Waals surface area contributed by atoms with Crippen LogP contribution in [0.4, 0.5) is 0 Å². The van der Waals surface area contributed by atoms with Crippen molar-refractivity contribution in [3.63, 3.8) is 0 Å². The summed E-state index contributed by atoms with van der Waals surface area (Å²) in [5, 5.41) is 5.47. The van der Waals surface area contributed by atoms with E-state index < -0.39 is 0 Å². The number of nitrogens with one attached hydrogen (secondary N) is 2.